The van der Waals surface area contributed by atoms with Gasteiger partial charge in [0.2, 0.25) is 0 Å². The minimum atomic E-state index is -0.349. The Balaban J connectivity index is 1.76. The highest BCUT2D eigenvalue weighted by molar-refractivity contribution is 5.84. The average Bonchev–Trinajstić information content (AvgIpc) is 3.15. The van der Waals surface area contributed by atoms with Gasteiger partial charge in [-0.1, -0.05) is 12.2 Å². The molecule has 0 spiro atoms. The lowest BCUT2D eigenvalue weighted by Crippen LogP contribution is -2.55. The summed E-state index contributed by atoms with van der Waals surface area (Å²) in [5.41, 5.74) is 0. The highest BCUT2D eigenvalue weighted by Gasteiger charge is 2.64. The van der Waals surface area contributed by atoms with Crippen LogP contribution in [-0.2, 0) is 19.1 Å². The molecule has 0 aromatic rings. The van der Waals surface area contributed by atoms with E-state index < -0.39 is 0 Å². The van der Waals surface area contributed by atoms with Crippen LogP contribution in [-0.4, -0.2) is 26.2 Å². The first-order valence-corrected chi connectivity index (χ1v) is 8.01. The number of esters is 2. The molecule has 0 saturated heterocycles. The van der Waals surface area contributed by atoms with Crippen LogP contribution in [0.2, 0.25) is 0 Å². The summed E-state index contributed by atoms with van der Waals surface area (Å²) in [6, 6.07) is 0. The molecule has 0 aromatic carbocycles. The van der Waals surface area contributed by atoms with Crippen molar-refractivity contribution in [2.75, 3.05) is 14.2 Å². The second-order valence-electron chi connectivity index (χ2n) is 7.13. The Hall–Kier alpha value is -1.32. The molecule has 2 unspecified atom stereocenters. The zero-order valence-corrected chi connectivity index (χ0v) is 12.5. The van der Waals surface area contributed by atoms with Crippen LogP contribution in [0.25, 0.3) is 0 Å². The first kappa shape index (κ1) is 13.4. The van der Waals surface area contributed by atoms with E-state index >= 15 is 0 Å². The van der Waals surface area contributed by atoms with E-state index in [2.05, 4.69) is 12.2 Å². The van der Waals surface area contributed by atoms with Crippen molar-refractivity contribution in [1.82, 2.24) is 0 Å². The van der Waals surface area contributed by atoms with Gasteiger partial charge in [0.25, 0.3) is 0 Å². The molecular formula is C17H22O4. The summed E-state index contributed by atoms with van der Waals surface area (Å²) in [5.74, 6) is 1.76. The molecule has 0 amide bonds. The van der Waals surface area contributed by atoms with E-state index in [1.54, 1.807) is 0 Å². The van der Waals surface area contributed by atoms with Crippen molar-refractivity contribution in [3.63, 3.8) is 0 Å². The minimum Gasteiger partial charge on any atom is -0.469 e. The number of allylic oxidation sites excluding steroid dienone is 2. The van der Waals surface area contributed by atoms with Crippen LogP contribution in [0.1, 0.15) is 19.3 Å². The lowest BCUT2D eigenvalue weighted by atomic mass is 9.50. The van der Waals surface area contributed by atoms with Crippen molar-refractivity contribution >= 4 is 11.9 Å². The van der Waals surface area contributed by atoms with E-state index in [4.69, 9.17) is 9.47 Å². The van der Waals surface area contributed by atoms with Crippen molar-refractivity contribution in [1.29, 1.82) is 0 Å². The highest BCUT2D eigenvalue weighted by Crippen LogP contribution is 2.66. The van der Waals surface area contributed by atoms with Crippen molar-refractivity contribution in [3.8, 4) is 0 Å². The molecule has 114 valence electrons. The average molecular weight is 290 g/mol. The maximum Gasteiger partial charge on any atom is 0.310 e. The molecule has 21 heavy (non-hydrogen) atoms. The van der Waals surface area contributed by atoms with Crippen molar-refractivity contribution in [3.05, 3.63) is 12.2 Å². The number of hydrogen-bond donors (Lipinski definition) is 0. The quantitative estimate of drug-likeness (QED) is 0.577. The van der Waals surface area contributed by atoms with Crippen LogP contribution in [0, 0.1) is 47.3 Å². The lowest BCUT2D eigenvalue weighted by Gasteiger charge is -2.53. The van der Waals surface area contributed by atoms with Crippen LogP contribution in [0.5, 0.6) is 0 Å². The second-order valence-corrected chi connectivity index (χ2v) is 7.13. The zero-order valence-electron chi connectivity index (χ0n) is 12.5. The summed E-state index contributed by atoms with van der Waals surface area (Å²) in [5, 5.41) is 0. The maximum absolute atomic E-state index is 12.3. The standard InChI is InChI=1S/C17H22O4/c1-20-16(18)14-10-5-6-11(15(14)17(19)21-2)13-9-4-3-8(7-9)12(10)13/h5-6,8-15H,3-4,7H2,1-2H3/t8-,9+,10+,11-,12?,13?,14+,15-. The number of ether oxygens (including phenoxy) is 2. The van der Waals surface area contributed by atoms with Crippen LogP contribution in [0.15, 0.2) is 12.2 Å². The fourth-order valence-corrected chi connectivity index (χ4v) is 6.11. The molecule has 4 heteroatoms. The molecule has 4 nitrogen and oxygen atoms in total. The van der Waals surface area contributed by atoms with E-state index in [9.17, 15) is 9.59 Å². The minimum absolute atomic E-state index is 0.159. The molecule has 5 rings (SSSR count). The van der Waals surface area contributed by atoms with Gasteiger partial charge in [0.1, 0.15) is 0 Å². The predicted molar refractivity (Wildman–Crippen MR) is 74.9 cm³/mol. The Bertz CT molecular complexity index is 467. The third-order valence-electron chi connectivity index (χ3n) is 6.65. The lowest BCUT2D eigenvalue weighted by molar-refractivity contribution is -0.171. The second kappa shape index (κ2) is 4.59. The molecular weight excluding hydrogens is 268 g/mol. The third kappa shape index (κ3) is 1.62. The Kier molecular flexibility index (Phi) is 2.92. The molecule has 0 heterocycles. The number of fused-ring (bicyclic) bond motifs is 3. The molecule has 3 fully saturated rings. The van der Waals surface area contributed by atoms with Crippen molar-refractivity contribution < 1.29 is 19.1 Å². The van der Waals surface area contributed by atoms with E-state index in [-0.39, 0.29) is 35.6 Å². The van der Waals surface area contributed by atoms with Gasteiger partial charge in [-0.3, -0.25) is 9.59 Å². The third-order valence-corrected chi connectivity index (χ3v) is 6.65. The fraction of sp³-hybridized carbons (Fsp3) is 0.765. The summed E-state index contributed by atoms with van der Waals surface area (Å²) in [6.45, 7) is 0. The van der Waals surface area contributed by atoms with Crippen LogP contribution in [0.3, 0.4) is 0 Å². The number of carbonyl (C=O) groups is 2. The SMILES string of the molecule is COC(=O)[C@@H]1[C@H](C(=O)OC)[C@@H]2C=C[C@H]1C1C2[C@H]2CC[C@@H]1C2. The Morgan fingerprint density at radius 3 is 1.67 bits per heavy atom. The van der Waals surface area contributed by atoms with E-state index in [0.717, 1.165) is 11.8 Å². The van der Waals surface area contributed by atoms with Crippen LogP contribution < -0.4 is 0 Å². The number of methoxy groups -OCH3 is 2. The van der Waals surface area contributed by atoms with Gasteiger partial charge in [-0.05, 0) is 54.8 Å². The molecule has 0 N–H and O–H groups in total. The predicted octanol–water partition coefficient (Wildman–Crippen LogP) is 2.04. The number of hydrogen-bond acceptors (Lipinski definition) is 4. The molecule has 5 aliphatic carbocycles. The zero-order chi connectivity index (χ0) is 14.7. The summed E-state index contributed by atoms with van der Waals surface area (Å²) in [7, 11) is 2.84. The first-order chi connectivity index (χ1) is 10.2. The highest BCUT2D eigenvalue weighted by atomic mass is 16.5. The van der Waals surface area contributed by atoms with Crippen molar-refractivity contribution in [2.24, 2.45) is 47.3 Å². The summed E-state index contributed by atoms with van der Waals surface area (Å²) in [4.78, 5) is 24.6. The molecule has 4 bridgehead atoms. The van der Waals surface area contributed by atoms with Gasteiger partial charge in [-0.2, -0.15) is 0 Å². The maximum atomic E-state index is 12.3. The van der Waals surface area contributed by atoms with Gasteiger partial charge in [-0.15, -0.1) is 0 Å². The Morgan fingerprint density at radius 2 is 1.29 bits per heavy atom. The molecule has 5 aliphatic rings. The Morgan fingerprint density at radius 1 is 0.857 bits per heavy atom. The molecule has 3 saturated carbocycles. The van der Waals surface area contributed by atoms with E-state index in [1.165, 1.54) is 33.5 Å². The van der Waals surface area contributed by atoms with Crippen molar-refractivity contribution in [2.45, 2.75) is 19.3 Å². The van der Waals surface area contributed by atoms with Gasteiger partial charge in [-0.25, -0.2) is 0 Å². The fourth-order valence-electron chi connectivity index (χ4n) is 6.11. The normalized spacial score (nSPS) is 49.0. The van der Waals surface area contributed by atoms with Gasteiger partial charge < -0.3 is 9.47 Å². The van der Waals surface area contributed by atoms with Gasteiger partial charge in [0, 0.05) is 0 Å². The van der Waals surface area contributed by atoms with Gasteiger partial charge in [0.15, 0.2) is 0 Å². The first-order valence-electron chi connectivity index (χ1n) is 8.01. The summed E-state index contributed by atoms with van der Waals surface area (Å²) < 4.78 is 10.0. The Labute approximate surface area is 124 Å². The molecule has 0 radical (unpaired) electrons. The van der Waals surface area contributed by atoms with E-state index in [1.807, 2.05) is 0 Å². The molecule has 8 atom stereocenters. The van der Waals surface area contributed by atoms with Crippen LogP contribution >= 0.6 is 0 Å². The van der Waals surface area contributed by atoms with Crippen LogP contribution in [0.4, 0.5) is 0 Å². The monoisotopic (exact) mass is 290 g/mol. The largest absolute Gasteiger partial charge is 0.469 e. The summed E-state index contributed by atoms with van der Waals surface area (Å²) in [6.07, 6.45) is 8.24. The van der Waals surface area contributed by atoms with Gasteiger partial charge in [0.05, 0.1) is 26.1 Å². The topological polar surface area (TPSA) is 52.6 Å². The molecule has 0 aliphatic heterocycles. The van der Waals surface area contributed by atoms with Gasteiger partial charge >= 0.3 is 11.9 Å². The smallest absolute Gasteiger partial charge is 0.310 e. The number of rotatable bonds is 2. The number of carbonyl (C=O) groups excluding carboxylic acids is 2. The molecule has 0 aromatic heterocycles. The van der Waals surface area contributed by atoms with E-state index in [0.29, 0.717) is 11.8 Å². The summed E-state index contributed by atoms with van der Waals surface area (Å²) >= 11 is 0.